The lowest BCUT2D eigenvalue weighted by molar-refractivity contribution is 0.204. The molecule has 3 aromatic heterocycles. The van der Waals surface area contributed by atoms with Crippen molar-refractivity contribution >= 4 is 33.8 Å². The number of ether oxygens (including phenoxy) is 2. The average Bonchev–Trinajstić information content (AvgIpc) is 3.63. The molecule has 0 aliphatic heterocycles. The van der Waals surface area contributed by atoms with Crippen LogP contribution in [0.2, 0.25) is 0 Å². The zero-order valence-corrected chi connectivity index (χ0v) is 20.0. The van der Waals surface area contributed by atoms with Gasteiger partial charge in [0.2, 0.25) is 11.8 Å². The minimum atomic E-state index is 0.113. The molecular formula is C27H24N6O3. The van der Waals surface area contributed by atoms with Crippen molar-refractivity contribution in [3.05, 3.63) is 54.0 Å². The van der Waals surface area contributed by atoms with E-state index in [2.05, 4.69) is 21.4 Å². The van der Waals surface area contributed by atoms with Gasteiger partial charge in [-0.25, -0.2) is 4.98 Å². The molecule has 0 atom stereocenters. The van der Waals surface area contributed by atoms with Crippen molar-refractivity contribution < 1.29 is 13.9 Å². The van der Waals surface area contributed by atoms with Crippen LogP contribution in [0, 0.1) is 18.3 Å². The number of H-pyrrole nitrogens is 1. The van der Waals surface area contributed by atoms with Crippen LogP contribution >= 0.6 is 0 Å². The summed E-state index contributed by atoms with van der Waals surface area (Å²) in [5.41, 5.74) is 5.24. The molecule has 6 rings (SSSR count). The van der Waals surface area contributed by atoms with E-state index in [-0.39, 0.29) is 6.10 Å². The Morgan fingerprint density at radius 1 is 1.11 bits per heavy atom. The normalized spacial score (nSPS) is 13.8. The molecule has 1 fully saturated rings. The maximum atomic E-state index is 9.20. The second kappa shape index (κ2) is 8.89. The Morgan fingerprint density at radius 3 is 2.78 bits per heavy atom. The van der Waals surface area contributed by atoms with E-state index in [0.717, 1.165) is 53.3 Å². The van der Waals surface area contributed by atoms with E-state index in [9.17, 15) is 5.26 Å². The lowest BCUT2D eigenvalue weighted by Crippen LogP contribution is -2.13. The molecule has 9 nitrogen and oxygen atoms in total. The Kier molecular flexibility index (Phi) is 5.41. The minimum Gasteiger partial charge on any atom is -0.495 e. The van der Waals surface area contributed by atoms with Gasteiger partial charge in [0.1, 0.15) is 23.0 Å². The minimum absolute atomic E-state index is 0.113. The van der Waals surface area contributed by atoms with Crippen LogP contribution in [-0.2, 0) is 0 Å². The second-order valence-corrected chi connectivity index (χ2v) is 8.87. The largest absolute Gasteiger partial charge is 0.495 e. The van der Waals surface area contributed by atoms with Crippen molar-refractivity contribution in [1.29, 1.82) is 5.26 Å². The van der Waals surface area contributed by atoms with Crippen LogP contribution in [0.5, 0.6) is 11.6 Å². The molecule has 180 valence electrons. The van der Waals surface area contributed by atoms with Gasteiger partial charge in [-0.15, -0.1) is 0 Å². The second-order valence-electron chi connectivity index (χ2n) is 8.87. The summed E-state index contributed by atoms with van der Waals surface area (Å²) >= 11 is 0. The maximum Gasteiger partial charge on any atom is 0.232 e. The first kappa shape index (κ1) is 21.9. The van der Waals surface area contributed by atoms with Crippen molar-refractivity contribution in [3.63, 3.8) is 0 Å². The Balaban J connectivity index is 1.45. The molecule has 0 bridgehead atoms. The Morgan fingerprint density at radius 2 is 1.97 bits per heavy atom. The molecule has 0 saturated heterocycles. The highest BCUT2D eigenvalue weighted by Gasteiger charge is 2.23. The van der Waals surface area contributed by atoms with Gasteiger partial charge < -0.3 is 24.2 Å². The Labute approximate surface area is 207 Å². The summed E-state index contributed by atoms with van der Waals surface area (Å²) < 4.78 is 17.7. The zero-order valence-electron chi connectivity index (χ0n) is 20.0. The number of benzene rings is 2. The summed E-state index contributed by atoms with van der Waals surface area (Å²) in [5.74, 6) is 2.04. The number of oxazole rings is 1. The molecule has 2 N–H and O–H groups in total. The highest BCUT2D eigenvalue weighted by Crippen LogP contribution is 2.38. The van der Waals surface area contributed by atoms with Crippen molar-refractivity contribution in [2.45, 2.75) is 38.7 Å². The third-order valence-electron chi connectivity index (χ3n) is 6.46. The highest BCUT2D eigenvalue weighted by molar-refractivity contribution is 5.99. The van der Waals surface area contributed by atoms with Gasteiger partial charge in [-0.1, -0.05) is 6.07 Å². The van der Waals surface area contributed by atoms with Crippen LogP contribution in [0.3, 0.4) is 0 Å². The van der Waals surface area contributed by atoms with Gasteiger partial charge in [0.15, 0.2) is 11.5 Å². The van der Waals surface area contributed by atoms with E-state index in [1.165, 1.54) is 0 Å². The van der Waals surface area contributed by atoms with Crippen LogP contribution in [0.1, 0.15) is 37.1 Å². The fraction of sp³-hybridized carbons (Fsp3) is 0.259. The summed E-state index contributed by atoms with van der Waals surface area (Å²) in [6, 6.07) is 13.2. The first-order valence-corrected chi connectivity index (χ1v) is 11.9. The summed E-state index contributed by atoms with van der Waals surface area (Å²) in [5, 5.41) is 13.2. The molecule has 0 radical (unpaired) electrons. The molecule has 0 amide bonds. The topological polar surface area (TPSA) is 122 Å². The smallest absolute Gasteiger partial charge is 0.232 e. The first-order chi connectivity index (χ1) is 17.6. The summed E-state index contributed by atoms with van der Waals surface area (Å²) in [6.45, 7) is 1.84. The molecule has 1 aliphatic carbocycles. The zero-order chi connectivity index (χ0) is 24.6. The van der Waals surface area contributed by atoms with E-state index in [1.54, 1.807) is 25.3 Å². The molecule has 2 aromatic carbocycles. The lowest BCUT2D eigenvalue weighted by Gasteiger charge is -2.16. The Hall–Kier alpha value is -4.58. The summed E-state index contributed by atoms with van der Waals surface area (Å²) in [4.78, 5) is 17.2. The monoisotopic (exact) mass is 480 g/mol. The van der Waals surface area contributed by atoms with E-state index in [4.69, 9.17) is 23.9 Å². The van der Waals surface area contributed by atoms with Crippen molar-refractivity contribution in [1.82, 2.24) is 19.9 Å². The van der Waals surface area contributed by atoms with Crippen molar-refractivity contribution in [2.24, 2.45) is 0 Å². The lowest BCUT2D eigenvalue weighted by atomic mass is 10.1. The van der Waals surface area contributed by atoms with Crippen LogP contribution < -0.4 is 14.8 Å². The molecule has 5 aromatic rings. The van der Waals surface area contributed by atoms with Gasteiger partial charge in [-0.2, -0.15) is 15.2 Å². The van der Waals surface area contributed by atoms with E-state index in [0.29, 0.717) is 40.4 Å². The number of hydrogen-bond donors (Lipinski definition) is 2. The van der Waals surface area contributed by atoms with Gasteiger partial charge in [0.05, 0.1) is 29.8 Å². The number of anilines is 2. The number of methoxy groups -OCH3 is 1. The number of hydrogen-bond acceptors (Lipinski definition) is 8. The predicted octanol–water partition coefficient (Wildman–Crippen LogP) is 6.02. The standard InChI is InChI=1S/C27H24N6O3/c1-15-30-21-10-8-17(12-23(21)35-15)19-14-29-25-24(19)26(36-18-5-3-4-6-18)33-27(32-25)31-20-9-7-16(13-28)11-22(20)34-2/h7-12,14,18H,3-6H2,1-2H3,(H2,29,31,32,33). The van der Waals surface area contributed by atoms with Gasteiger partial charge in [0, 0.05) is 24.8 Å². The van der Waals surface area contributed by atoms with E-state index in [1.807, 2.05) is 31.3 Å². The quantitative estimate of drug-likeness (QED) is 0.302. The van der Waals surface area contributed by atoms with Crippen LogP contribution in [-0.4, -0.2) is 33.1 Å². The van der Waals surface area contributed by atoms with Crippen molar-refractivity contribution in [3.8, 4) is 28.8 Å². The van der Waals surface area contributed by atoms with Crippen LogP contribution in [0.4, 0.5) is 11.6 Å². The molecular weight excluding hydrogens is 456 g/mol. The molecule has 1 aliphatic rings. The number of nitrogens with one attached hydrogen (secondary N) is 2. The highest BCUT2D eigenvalue weighted by atomic mass is 16.5. The first-order valence-electron chi connectivity index (χ1n) is 11.9. The fourth-order valence-corrected chi connectivity index (χ4v) is 4.72. The number of rotatable bonds is 6. The van der Waals surface area contributed by atoms with Crippen LogP contribution in [0.15, 0.2) is 47.0 Å². The summed E-state index contributed by atoms with van der Waals surface area (Å²) in [7, 11) is 1.56. The average molecular weight is 481 g/mol. The third-order valence-corrected chi connectivity index (χ3v) is 6.46. The van der Waals surface area contributed by atoms with E-state index < -0.39 is 0 Å². The molecule has 3 heterocycles. The molecule has 9 heteroatoms. The summed E-state index contributed by atoms with van der Waals surface area (Å²) in [6.07, 6.45) is 6.32. The fourth-order valence-electron chi connectivity index (χ4n) is 4.72. The van der Waals surface area contributed by atoms with Gasteiger partial charge in [-0.05, 0) is 55.5 Å². The van der Waals surface area contributed by atoms with Crippen molar-refractivity contribution in [2.75, 3.05) is 12.4 Å². The number of nitriles is 1. The number of fused-ring (bicyclic) bond motifs is 2. The van der Waals surface area contributed by atoms with Gasteiger partial charge in [0.25, 0.3) is 0 Å². The van der Waals surface area contributed by atoms with Crippen LogP contribution in [0.25, 0.3) is 33.3 Å². The molecule has 36 heavy (non-hydrogen) atoms. The number of nitrogens with zero attached hydrogens (tertiary/aromatic N) is 4. The maximum absolute atomic E-state index is 9.20. The molecule has 0 spiro atoms. The predicted molar refractivity (Wildman–Crippen MR) is 136 cm³/mol. The number of aromatic nitrogens is 4. The SMILES string of the molecule is COc1cc(C#N)ccc1Nc1nc(OC2CCCC2)c2c(-c3ccc4nc(C)oc4c3)c[nH]c2n1. The molecule has 0 unspecified atom stereocenters. The van der Waals surface area contributed by atoms with Gasteiger partial charge >= 0.3 is 0 Å². The Bertz CT molecular complexity index is 1620. The molecule has 1 saturated carbocycles. The number of aryl methyl sites for hydroxylation is 1. The third kappa shape index (κ3) is 3.96. The van der Waals surface area contributed by atoms with Gasteiger partial charge in [-0.3, -0.25) is 0 Å². The number of aromatic amines is 1. The van der Waals surface area contributed by atoms with E-state index >= 15 is 0 Å².